The minimum absolute atomic E-state index is 0.125. The number of methoxy groups -OCH3 is 2. The van der Waals surface area contributed by atoms with Crippen LogP contribution in [0.25, 0.3) is 10.9 Å². The highest BCUT2D eigenvalue weighted by molar-refractivity contribution is 5.90. The predicted molar refractivity (Wildman–Crippen MR) is 196 cm³/mol. The summed E-state index contributed by atoms with van der Waals surface area (Å²) in [5, 5.41) is 43.0. The number of carboxylic acid groups (broad SMARTS) is 1. The monoisotopic (exact) mass is 792 g/mol. The van der Waals surface area contributed by atoms with E-state index in [2.05, 4.69) is 4.98 Å². The van der Waals surface area contributed by atoms with Crippen LogP contribution < -0.4 is 35.2 Å². The minimum atomic E-state index is -1.90. The van der Waals surface area contributed by atoms with Crippen LogP contribution in [0.2, 0.25) is 0 Å². The number of Topliss-reactive ketones (excluding diaryl/α,β-unsaturated/α-hetero) is 1. The molecule has 0 amide bonds. The lowest BCUT2D eigenvalue weighted by Gasteiger charge is -2.48. The summed E-state index contributed by atoms with van der Waals surface area (Å²) in [6, 6.07) is 9.04. The highest BCUT2D eigenvalue weighted by Crippen LogP contribution is 2.64. The Hall–Kier alpha value is -5.37. The quantitative estimate of drug-likeness (QED) is 0.0642. The number of aliphatic hydroxyl groups is 3. The molecule has 1 saturated heterocycles. The third-order valence-corrected chi connectivity index (χ3v) is 11.3. The fourth-order valence-electron chi connectivity index (χ4n) is 8.68. The predicted octanol–water partition coefficient (Wildman–Crippen LogP) is 1.34. The Morgan fingerprint density at radius 3 is 2.49 bits per heavy atom. The first-order valence-electron chi connectivity index (χ1n) is 18.5. The van der Waals surface area contributed by atoms with E-state index in [1.165, 1.54) is 7.11 Å². The number of ketones is 1. The number of nitrogens with one attached hydrogen (secondary N) is 1. The molecule has 8 atom stereocenters. The number of hydrogen-bond donors (Lipinski definition) is 7. The lowest BCUT2D eigenvalue weighted by molar-refractivity contribution is -0.291. The number of carbonyl (C=O) groups excluding carboxylic acids is 2. The zero-order chi connectivity index (χ0) is 40.3. The van der Waals surface area contributed by atoms with E-state index in [4.69, 9.17) is 49.7 Å². The molecular formula is C39H44N4O14. The molecule has 3 aliphatic heterocycles. The zero-order valence-electron chi connectivity index (χ0n) is 31.0. The average molecular weight is 793 g/mol. The van der Waals surface area contributed by atoms with E-state index in [1.54, 1.807) is 19.2 Å². The molecule has 57 heavy (non-hydrogen) atoms. The summed E-state index contributed by atoms with van der Waals surface area (Å²) in [4.78, 5) is 39.3. The molecule has 2 aromatic heterocycles. The summed E-state index contributed by atoms with van der Waals surface area (Å²) >= 11 is 0. The average Bonchev–Trinajstić information content (AvgIpc) is 3.89. The van der Waals surface area contributed by atoms with E-state index in [9.17, 15) is 29.7 Å². The molecule has 4 aliphatic rings. The number of carboxylic acids is 1. The van der Waals surface area contributed by atoms with Crippen molar-refractivity contribution in [2.45, 2.75) is 99.2 Å². The van der Waals surface area contributed by atoms with Crippen molar-refractivity contribution in [3.05, 3.63) is 65.6 Å². The molecule has 1 aliphatic carbocycles. The number of aromatic amines is 1. The van der Waals surface area contributed by atoms with Crippen LogP contribution in [-0.4, -0.2) is 110 Å². The summed E-state index contributed by atoms with van der Waals surface area (Å²) in [5.41, 5.74) is 14.0. The number of rotatable bonds is 11. The molecule has 9 N–H and O–H groups in total. The maximum atomic E-state index is 12.6. The van der Waals surface area contributed by atoms with Gasteiger partial charge < -0.3 is 74.6 Å². The van der Waals surface area contributed by atoms with Gasteiger partial charge in [0.2, 0.25) is 12.0 Å². The fourth-order valence-corrected chi connectivity index (χ4v) is 8.68. The van der Waals surface area contributed by atoms with Gasteiger partial charge in [0, 0.05) is 60.6 Å². The number of fused-ring (bicyclic) bond motifs is 7. The van der Waals surface area contributed by atoms with Gasteiger partial charge in [-0.3, -0.25) is 14.4 Å². The summed E-state index contributed by atoms with van der Waals surface area (Å²) in [6.45, 7) is 0.294. The lowest BCUT2D eigenvalue weighted by Crippen LogP contribution is -2.66. The second kappa shape index (κ2) is 14.9. The highest BCUT2D eigenvalue weighted by Gasteiger charge is 2.58. The van der Waals surface area contributed by atoms with Gasteiger partial charge in [-0.25, -0.2) is 0 Å². The highest BCUT2D eigenvalue weighted by atomic mass is 16.7. The number of benzene rings is 2. The topological polar surface area (TPSA) is 270 Å². The van der Waals surface area contributed by atoms with Gasteiger partial charge in [0.15, 0.2) is 17.6 Å². The standard InChI is InChI=1S/C39H44N4O14/c1-51-23-4-3-21-28-34(55-32(21)33(23)52-2)27-18(15-43-14-17-7-10-42-22(17)16-43)11-20(12-24(27)57-39(28)8-5-19(44)6-9-39)53-38-31(50)29(48)30(49)35(56-38)36(37(40)41)54-26(47)13-25(45)46/h3-4,7,10-12,14,16,28-31,34-38,42,48-50H,5-6,8-9,13,15,40-41H2,1-2H3,(H,45,46). The fraction of sp³-hybridized carbons (Fsp3) is 0.462. The van der Waals surface area contributed by atoms with Crippen LogP contribution in [-0.2, 0) is 30.4 Å². The Balaban J connectivity index is 1.21. The van der Waals surface area contributed by atoms with Crippen LogP contribution in [0.3, 0.4) is 0 Å². The maximum Gasteiger partial charge on any atom is 0.317 e. The van der Waals surface area contributed by atoms with Crippen LogP contribution in [0.4, 0.5) is 0 Å². The number of esters is 1. The molecule has 18 nitrogen and oxygen atoms in total. The molecule has 2 aromatic carbocycles. The third-order valence-electron chi connectivity index (χ3n) is 11.3. The molecule has 8 rings (SSSR count). The number of aliphatic carboxylic acids is 1. The largest absolute Gasteiger partial charge is 0.493 e. The van der Waals surface area contributed by atoms with Crippen molar-refractivity contribution in [2.75, 3.05) is 14.2 Å². The lowest BCUT2D eigenvalue weighted by atomic mass is 9.67. The van der Waals surface area contributed by atoms with Crippen molar-refractivity contribution in [3.63, 3.8) is 0 Å². The minimum Gasteiger partial charge on any atom is -0.493 e. The van der Waals surface area contributed by atoms with Crippen LogP contribution in [0, 0.1) is 0 Å². The normalized spacial score (nSPS) is 26.5. The van der Waals surface area contributed by atoms with E-state index < -0.39 is 73.0 Å². The molecule has 8 unspecified atom stereocenters. The molecule has 0 bridgehead atoms. The third kappa shape index (κ3) is 6.81. The van der Waals surface area contributed by atoms with Gasteiger partial charge >= 0.3 is 11.9 Å². The van der Waals surface area contributed by atoms with E-state index in [0.717, 1.165) is 16.5 Å². The molecule has 304 valence electrons. The maximum absolute atomic E-state index is 12.6. The summed E-state index contributed by atoms with van der Waals surface area (Å²) in [5.74, 6) is -0.979. The molecule has 1 saturated carbocycles. The number of ether oxygens (including phenoxy) is 7. The van der Waals surface area contributed by atoms with Crippen LogP contribution >= 0.6 is 0 Å². The molecule has 0 radical (unpaired) electrons. The van der Waals surface area contributed by atoms with Crippen molar-refractivity contribution < 1.29 is 68.0 Å². The van der Waals surface area contributed by atoms with Gasteiger partial charge in [0.25, 0.3) is 0 Å². The smallest absolute Gasteiger partial charge is 0.317 e. The Kier molecular flexibility index (Phi) is 10.0. The van der Waals surface area contributed by atoms with Crippen LogP contribution in [0.5, 0.6) is 28.7 Å². The van der Waals surface area contributed by atoms with E-state index in [1.807, 2.05) is 41.4 Å². The number of nitrogens with two attached hydrogens (primary N) is 2. The number of H-pyrrole nitrogens is 1. The van der Waals surface area contributed by atoms with Crippen molar-refractivity contribution >= 4 is 28.6 Å². The van der Waals surface area contributed by atoms with Gasteiger partial charge in [-0.1, -0.05) is 6.07 Å². The summed E-state index contributed by atoms with van der Waals surface area (Å²) in [6.07, 6.45) is -6.56. The van der Waals surface area contributed by atoms with Crippen molar-refractivity contribution in [1.82, 2.24) is 9.55 Å². The number of aromatic nitrogens is 2. The van der Waals surface area contributed by atoms with Crippen LogP contribution in [0.1, 0.15) is 60.8 Å². The number of aliphatic hydroxyl groups excluding tert-OH is 3. The summed E-state index contributed by atoms with van der Waals surface area (Å²) < 4.78 is 44.7. The molecular weight excluding hydrogens is 748 g/mol. The summed E-state index contributed by atoms with van der Waals surface area (Å²) in [7, 11) is 3.08. The first kappa shape index (κ1) is 38.5. The Morgan fingerprint density at radius 1 is 1.04 bits per heavy atom. The van der Waals surface area contributed by atoms with E-state index in [0.29, 0.717) is 66.4 Å². The van der Waals surface area contributed by atoms with E-state index >= 15 is 0 Å². The van der Waals surface area contributed by atoms with E-state index in [-0.39, 0.29) is 17.5 Å². The van der Waals surface area contributed by atoms with Crippen LogP contribution in [0.15, 0.2) is 48.9 Å². The number of nitrogens with zero attached hydrogens (tertiary/aromatic N) is 1. The van der Waals surface area contributed by atoms with Gasteiger partial charge in [-0.2, -0.15) is 0 Å². The first-order chi connectivity index (χ1) is 27.3. The molecule has 18 heteroatoms. The van der Waals surface area contributed by atoms with Gasteiger partial charge in [0.1, 0.15) is 59.8 Å². The van der Waals surface area contributed by atoms with Gasteiger partial charge in [0.05, 0.1) is 31.8 Å². The number of hydrogen-bond acceptors (Lipinski definition) is 15. The SMILES string of the molecule is COc1ccc2c(c1OC)OC1c3c(Cn4cc5cc[nH]c5c4)cc(OC4OC(C(OC(=O)CC(=O)O)C(N)N)C(O)C(O)C4O)cc3OC3(CCC(=O)CC3)C21. The molecule has 2 fully saturated rings. The number of carbonyl (C=O) groups is 3. The van der Waals surface area contributed by atoms with Crippen molar-refractivity contribution in [3.8, 4) is 28.7 Å². The van der Waals surface area contributed by atoms with Crippen molar-refractivity contribution in [1.29, 1.82) is 0 Å². The zero-order valence-corrected chi connectivity index (χ0v) is 31.0. The molecule has 1 spiro atoms. The van der Waals surface area contributed by atoms with Crippen molar-refractivity contribution in [2.24, 2.45) is 11.5 Å². The second-order valence-electron chi connectivity index (χ2n) is 14.9. The Morgan fingerprint density at radius 2 is 1.81 bits per heavy atom. The molecule has 4 aromatic rings. The van der Waals surface area contributed by atoms with Gasteiger partial charge in [-0.05, 0) is 36.6 Å². The Labute approximate surface area is 325 Å². The Bertz CT molecular complexity index is 2160. The second-order valence-corrected chi connectivity index (χ2v) is 14.9. The van der Waals surface area contributed by atoms with Gasteiger partial charge in [-0.15, -0.1) is 0 Å². The first-order valence-corrected chi connectivity index (χ1v) is 18.5. The molecule has 5 heterocycles.